The molecular formula is C21H38O2. The molecule has 0 atom stereocenters. The van der Waals surface area contributed by atoms with Crippen molar-refractivity contribution in [2.24, 2.45) is 5.92 Å². The number of ether oxygens (including phenoxy) is 2. The van der Waals surface area contributed by atoms with Gasteiger partial charge in [0, 0.05) is 13.0 Å². The average molecular weight is 323 g/mol. The van der Waals surface area contributed by atoms with E-state index in [1.54, 1.807) is 0 Å². The van der Waals surface area contributed by atoms with Gasteiger partial charge in [-0.1, -0.05) is 53.7 Å². The van der Waals surface area contributed by atoms with E-state index in [4.69, 9.17) is 9.47 Å². The van der Waals surface area contributed by atoms with Crippen LogP contribution in [0.3, 0.4) is 0 Å². The average Bonchev–Trinajstić information content (AvgIpc) is 2.49. The Morgan fingerprint density at radius 1 is 0.913 bits per heavy atom. The molecule has 1 rings (SSSR count). The van der Waals surface area contributed by atoms with Gasteiger partial charge in [-0.05, 0) is 49.8 Å². The number of benzene rings is 1. The summed E-state index contributed by atoms with van der Waals surface area (Å²) in [5.41, 5.74) is 1.23. The quantitative estimate of drug-likeness (QED) is 0.520. The first-order chi connectivity index (χ1) is 10.8. The fourth-order valence-electron chi connectivity index (χ4n) is 2.01. The predicted octanol–water partition coefficient (Wildman–Crippen LogP) is 6.45. The topological polar surface area (TPSA) is 18.5 Å². The Labute approximate surface area is 144 Å². The normalized spacial score (nSPS) is 11.4. The molecule has 0 spiro atoms. The summed E-state index contributed by atoms with van der Waals surface area (Å²) in [7, 11) is 0. The summed E-state index contributed by atoms with van der Waals surface area (Å²) in [5, 5.41) is 0. The highest BCUT2D eigenvalue weighted by atomic mass is 16.5. The fraction of sp³-hybridized carbons (Fsp3) is 0.714. The van der Waals surface area contributed by atoms with E-state index in [-0.39, 0.29) is 5.60 Å². The van der Waals surface area contributed by atoms with Crippen LogP contribution in [0.2, 0.25) is 0 Å². The van der Waals surface area contributed by atoms with Gasteiger partial charge < -0.3 is 9.47 Å². The lowest BCUT2D eigenvalue weighted by Crippen LogP contribution is -2.27. The first kappa shape index (κ1) is 22.0. The summed E-state index contributed by atoms with van der Waals surface area (Å²) in [6, 6.07) is 8.40. The summed E-state index contributed by atoms with van der Waals surface area (Å²) in [4.78, 5) is 0. The number of rotatable bonds is 9. The molecule has 0 radical (unpaired) electrons. The van der Waals surface area contributed by atoms with E-state index in [1.165, 1.54) is 5.56 Å². The number of hydrogen-bond donors (Lipinski definition) is 0. The van der Waals surface area contributed by atoms with Gasteiger partial charge in [-0.15, -0.1) is 0 Å². The van der Waals surface area contributed by atoms with Crippen molar-refractivity contribution in [2.75, 3.05) is 13.2 Å². The van der Waals surface area contributed by atoms with Crippen LogP contribution in [-0.4, -0.2) is 18.8 Å². The van der Waals surface area contributed by atoms with Crippen LogP contribution in [0.5, 0.6) is 5.75 Å². The molecule has 1 aromatic rings. The zero-order valence-corrected chi connectivity index (χ0v) is 16.6. The van der Waals surface area contributed by atoms with Crippen LogP contribution in [0.15, 0.2) is 24.3 Å². The van der Waals surface area contributed by atoms with Gasteiger partial charge in [0.05, 0.1) is 12.2 Å². The maximum absolute atomic E-state index is 5.95. The number of hydrogen-bond acceptors (Lipinski definition) is 2. The van der Waals surface area contributed by atoms with Crippen molar-refractivity contribution >= 4 is 0 Å². The van der Waals surface area contributed by atoms with Crippen LogP contribution >= 0.6 is 0 Å². The summed E-state index contributed by atoms with van der Waals surface area (Å²) < 4.78 is 11.8. The lowest BCUT2D eigenvalue weighted by molar-refractivity contribution is -0.0346. The highest BCUT2D eigenvalue weighted by molar-refractivity contribution is 5.28. The van der Waals surface area contributed by atoms with Gasteiger partial charge in [-0.25, -0.2) is 0 Å². The van der Waals surface area contributed by atoms with Crippen molar-refractivity contribution in [3.63, 3.8) is 0 Å². The second-order valence-electron chi connectivity index (χ2n) is 7.11. The maximum atomic E-state index is 5.95. The highest BCUT2D eigenvalue weighted by Crippen LogP contribution is 2.20. The smallest absolute Gasteiger partial charge is 0.119 e. The zero-order chi connectivity index (χ0) is 17.9. The minimum atomic E-state index is -0.118. The molecule has 0 unspecified atom stereocenters. The molecule has 0 bridgehead atoms. The van der Waals surface area contributed by atoms with Gasteiger partial charge in [0.25, 0.3) is 0 Å². The molecule has 0 aromatic heterocycles. The Morgan fingerprint density at radius 2 is 1.48 bits per heavy atom. The van der Waals surface area contributed by atoms with Crippen LogP contribution < -0.4 is 4.74 Å². The molecule has 1 aromatic carbocycles. The van der Waals surface area contributed by atoms with E-state index < -0.39 is 0 Å². The monoisotopic (exact) mass is 322 g/mol. The molecular weight excluding hydrogens is 284 g/mol. The zero-order valence-electron chi connectivity index (χ0n) is 16.6. The van der Waals surface area contributed by atoms with E-state index in [2.05, 4.69) is 65.8 Å². The first-order valence-electron chi connectivity index (χ1n) is 9.17. The third-order valence-corrected chi connectivity index (χ3v) is 3.71. The molecule has 0 fully saturated rings. The van der Waals surface area contributed by atoms with Crippen molar-refractivity contribution in [1.82, 2.24) is 0 Å². The molecule has 2 heteroatoms. The minimum Gasteiger partial charge on any atom is -0.493 e. The molecule has 134 valence electrons. The standard InChI is InChI=1S/C19H32O2.C2H6/c1-15(2)11-13-21-19(5,6)12-14-20-18-9-7-17(8-10-18)16(3)4;1-2/h7-10,15-16H,11-14H2,1-6H3;1-2H3. The SMILES string of the molecule is CC.CC(C)CCOC(C)(C)CCOc1ccc(C(C)C)cc1. The highest BCUT2D eigenvalue weighted by Gasteiger charge is 2.18. The van der Waals surface area contributed by atoms with Gasteiger partial charge in [0.1, 0.15) is 5.75 Å². The lowest BCUT2D eigenvalue weighted by atomic mass is 10.0. The third kappa shape index (κ3) is 10.4. The second-order valence-corrected chi connectivity index (χ2v) is 7.11. The predicted molar refractivity (Wildman–Crippen MR) is 101 cm³/mol. The van der Waals surface area contributed by atoms with Gasteiger partial charge >= 0.3 is 0 Å². The molecule has 0 saturated heterocycles. The van der Waals surface area contributed by atoms with Crippen molar-refractivity contribution in [3.05, 3.63) is 29.8 Å². The van der Waals surface area contributed by atoms with E-state index in [9.17, 15) is 0 Å². The van der Waals surface area contributed by atoms with Crippen LogP contribution in [-0.2, 0) is 4.74 Å². The first-order valence-corrected chi connectivity index (χ1v) is 9.17. The molecule has 0 aliphatic carbocycles. The molecule has 0 heterocycles. The van der Waals surface area contributed by atoms with Crippen LogP contribution in [0, 0.1) is 5.92 Å². The second kappa shape index (κ2) is 11.5. The molecule has 0 aliphatic rings. The molecule has 23 heavy (non-hydrogen) atoms. The van der Waals surface area contributed by atoms with E-state index in [0.717, 1.165) is 25.2 Å². The Balaban J connectivity index is 0.00000232. The fourth-order valence-corrected chi connectivity index (χ4v) is 2.01. The maximum Gasteiger partial charge on any atom is 0.119 e. The van der Waals surface area contributed by atoms with Crippen LogP contribution in [0.1, 0.15) is 79.7 Å². The Morgan fingerprint density at radius 3 is 1.96 bits per heavy atom. The largest absolute Gasteiger partial charge is 0.493 e. The van der Waals surface area contributed by atoms with E-state index in [0.29, 0.717) is 18.4 Å². The van der Waals surface area contributed by atoms with E-state index in [1.807, 2.05) is 13.8 Å². The van der Waals surface area contributed by atoms with Crippen LogP contribution in [0.25, 0.3) is 0 Å². The summed E-state index contributed by atoms with van der Waals surface area (Å²) >= 11 is 0. The molecule has 0 N–H and O–H groups in total. The lowest BCUT2D eigenvalue weighted by Gasteiger charge is -2.26. The van der Waals surface area contributed by atoms with Crippen molar-refractivity contribution in [2.45, 2.75) is 79.8 Å². The van der Waals surface area contributed by atoms with Crippen molar-refractivity contribution < 1.29 is 9.47 Å². The Hall–Kier alpha value is -1.02. The molecule has 0 amide bonds. The summed E-state index contributed by atoms with van der Waals surface area (Å²) in [6.07, 6.45) is 2.01. The summed E-state index contributed by atoms with van der Waals surface area (Å²) in [6.45, 7) is 18.6. The van der Waals surface area contributed by atoms with Gasteiger partial charge in [0.2, 0.25) is 0 Å². The van der Waals surface area contributed by atoms with Gasteiger partial charge in [-0.3, -0.25) is 0 Å². The third-order valence-electron chi connectivity index (χ3n) is 3.71. The Kier molecular flexibility index (Phi) is 11.0. The molecule has 0 saturated carbocycles. The Bertz CT molecular complexity index is 391. The summed E-state index contributed by atoms with van der Waals surface area (Å²) in [5.74, 6) is 2.20. The van der Waals surface area contributed by atoms with Gasteiger partial charge in [-0.2, -0.15) is 0 Å². The molecule has 2 nitrogen and oxygen atoms in total. The van der Waals surface area contributed by atoms with Crippen molar-refractivity contribution in [1.29, 1.82) is 0 Å². The van der Waals surface area contributed by atoms with Crippen LogP contribution in [0.4, 0.5) is 0 Å². The van der Waals surface area contributed by atoms with Gasteiger partial charge in [0.15, 0.2) is 0 Å². The minimum absolute atomic E-state index is 0.118. The molecule has 0 aliphatic heterocycles. The van der Waals surface area contributed by atoms with E-state index >= 15 is 0 Å². The van der Waals surface area contributed by atoms with Crippen molar-refractivity contribution in [3.8, 4) is 5.75 Å².